The number of allylic oxidation sites excluding steroid dienone is 1. The van der Waals surface area contributed by atoms with Gasteiger partial charge in [-0.15, -0.1) is 0 Å². The molecule has 1 aliphatic carbocycles. The SMILES string of the molecule is C[O][Zr]([O]C)([O]C)[CH]1C=Cc2ccccc21. The molecule has 0 radical (unpaired) electrons. The molecule has 1 aromatic carbocycles. The van der Waals surface area contributed by atoms with Crippen LogP contribution in [0.2, 0.25) is 0 Å². The summed E-state index contributed by atoms with van der Waals surface area (Å²) in [6, 6.07) is 8.29. The maximum atomic E-state index is 5.59. The van der Waals surface area contributed by atoms with E-state index < -0.39 is 21.6 Å². The molecular formula is C12H16O3Zr. The van der Waals surface area contributed by atoms with Crippen LogP contribution in [0.15, 0.2) is 30.3 Å². The molecule has 86 valence electrons. The fourth-order valence-corrected chi connectivity index (χ4v) is 7.69. The third-order valence-electron chi connectivity index (χ3n) is 3.03. The first kappa shape index (κ1) is 12.2. The van der Waals surface area contributed by atoms with Crippen molar-refractivity contribution in [3.8, 4) is 0 Å². The van der Waals surface area contributed by atoms with E-state index in [1.807, 2.05) is 12.1 Å². The van der Waals surface area contributed by atoms with Crippen LogP contribution in [0.25, 0.3) is 6.08 Å². The van der Waals surface area contributed by atoms with Crippen molar-refractivity contribution in [2.24, 2.45) is 0 Å². The van der Waals surface area contributed by atoms with E-state index in [9.17, 15) is 0 Å². The molecular weight excluding hydrogens is 283 g/mol. The fourth-order valence-electron chi connectivity index (χ4n) is 2.19. The standard InChI is InChI=1S/C9H7.3CH3O.Zr/c1-2-5-9-7-3-6-8(9)4-1;3*1-2;/h1-7H;3*1H3;/q;3*-1;+3. The summed E-state index contributed by atoms with van der Waals surface area (Å²) in [6.07, 6.45) is 4.25. The van der Waals surface area contributed by atoms with Crippen molar-refractivity contribution >= 4 is 6.08 Å². The summed E-state index contributed by atoms with van der Waals surface area (Å²) in [7, 11) is 5.04. The van der Waals surface area contributed by atoms with Crippen molar-refractivity contribution in [2.45, 2.75) is 3.63 Å². The van der Waals surface area contributed by atoms with Gasteiger partial charge in [0.2, 0.25) is 0 Å². The Balaban J connectivity index is 2.40. The first-order chi connectivity index (χ1) is 7.77. The Labute approximate surface area is 102 Å². The molecule has 0 bridgehead atoms. The molecule has 0 aromatic heterocycles. The zero-order valence-corrected chi connectivity index (χ0v) is 12.2. The van der Waals surface area contributed by atoms with Gasteiger partial charge >= 0.3 is 103 Å². The molecule has 16 heavy (non-hydrogen) atoms. The summed E-state index contributed by atoms with van der Waals surface area (Å²) in [6.45, 7) is 0. The third kappa shape index (κ3) is 1.84. The van der Waals surface area contributed by atoms with Gasteiger partial charge in [0.15, 0.2) is 0 Å². The minimum atomic E-state index is -3.43. The van der Waals surface area contributed by atoms with Gasteiger partial charge in [0.1, 0.15) is 0 Å². The van der Waals surface area contributed by atoms with E-state index >= 15 is 0 Å². The zero-order chi connectivity index (χ0) is 11.6. The molecule has 0 spiro atoms. The van der Waals surface area contributed by atoms with Gasteiger partial charge in [-0.2, -0.15) is 0 Å². The van der Waals surface area contributed by atoms with Crippen molar-refractivity contribution in [2.75, 3.05) is 21.3 Å². The van der Waals surface area contributed by atoms with Gasteiger partial charge < -0.3 is 0 Å². The molecule has 0 N–H and O–H groups in total. The average molecular weight is 299 g/mol. The molecule has 1 aromatic rings. The van der Waals surface area contributed by atoms with Crippen molar-refractivity contribution in [1.82, 2.24) is 0 Å². The number of benzene rings is 1. The summed E-state index contributed by atoms with van der Waals surface area (Å²) in [5, 5.41) is 0. The molecule has 0 saturated heterocycles. The number of hydrogen-bond acceptors (Lipinski definition) is 3. The van der Waals surface area contributed by atoms with E-state index in [-0.39, 0.29) is 3.63 Å². The van der Waals surface area contributed by atoms with Crippen LogP contribution in [0.1, 0.15) is 14.8 Å². The van der Waals surface area contributed by atoms with Gasteiger partial charge in [-0.05, 0) is 0 Å². The van der Waals surface area contributed by atoms with Crippen LogP contribution >= 0.6 is 0 Å². The summed E-state index contributed by atoms with van der Waals surface area (Å²) in [5.41, 5.74) is 2.49. The van der Waals surface area contributed by atoms with E-state index in [0.29, 0.717) is 0 Å². The van der Waals surface area contributed by atoms with Crippen LogP contribution in [-0.2, 0) is 30.0 Å². The first-order valence-electron chi connectivity index (χ1n) is 5.20. The molecule has 4 heteroatoms. The minimum absolute atomic E-state index is 0.172. The summed E-state index contributed by atoms with van der Waals surface area (Å²) < 4.78 is 16.9. The Morgan fingerprint density at radius 2 is 1.62 bits per heavy atom. The maximum absolute atomic E-state index is 5.59. The summed E-state index contributed by atoms with van der Waals surface area (Å²) in [4.78, 5) is 0. The predicted molar refractivity (Wildman–Crippen MR) is 59.2 cm³/mol. The Hall–Kier alpha value is -0.277. The van der Waals surface area contributed by atoms with Crippen LogP contribution in [0.3, 0.4) is 0 Å². The molecule has 0 saturated carbocycles. The van der Waals surface area contributed by atoms with Gasteiger partial charge in [0.25, 0.3) is 0 Å². The molecule has 0 fully saturated rings. The van der Waals surface area contributed by atoms with E-state index in [0.717, 1.165) is 0 Å². The topological polar surface area (TPSA) is 27.7 Å². The van der Waals surface area contributed by atoms with Crippen molar-refractivity contribution in [3.05, 3.63) is 41.5 Å². The van der Waals surface area contributed by atoms with E-state index in [2.05, 4.69) is 24.3 Å². The van der Waals surface area contributed by atoms with Crippen molar-refractivity contribution in [3.63, 3.8) is 0 Å². The van der Waals surface area contributed by atoms with E-state index in [1.165, 1.54) is 11.1 Å². The zero-order valence-electron chi connectivity index (χ0n) is 9.77. The molecule has 2 rings (SSSR count). The molecule has 0 heterocycles. The second-order valence-corrected chi connectivity index (χ2v) is 11.2. The number of fused-ring (bicyclic) bond motifs is 1. The molecule has 1 aliphatic rings. The Morgan fingerprint density at radius 1 is 1.00 bits per heavy atom. The van der Waals surface area contributed by atoms with Crippen LogP contribution in [0.4, 0.5) is 0 Å². The molecule has 0 aliphatic heterocycles. The second-order valence-electron chi connectivity index (χ2n) is 3.68. The summed E-state index contributed by atoms with van der Waals surface area (Å²) in [5.74, 6) is 0. The Bertz CT molecular complexity index is 391. The van der Waals surface area contributed by atoms with Gasteiger partial charge in [0, 0.05) is 0 Å². The first-order valence-corrected chi connectivity index (χ1v) is 9.63. The van der Waals surface area contributed by atoms with Gasteiger partial charge in [0.05, 0.1) is 0 Å². The molecule has 0 amide bonds. The molecule has 1 atom stereocenters. The summed E-state index contributed by atoms with van der Waals surface area (Å²) >= 11 is -3.43. The van der Waals surface area contributed by atoms with Crippen LogP contribution in [0.5, 0.6) is 0 Å². The number of hydrogen-bond donors (Lipinski definition) is 0. The van der Waals surface area contributed by atoms with Crippen molar-refractivity contribution < 1.29 is 30.0 Å². The van der Waals surface area contributed by atoms with Crippen LogP contribution in [-0.4, -0.2) is 21.3 Å². The van der Waals surface area contributed by atoms with Crippen molar-refractivity contribution in [1.29, 1.82) is 0 Å². The van der Waals surface area contributed by atoms with Gasteiger partial charge in [-0.1, -0.05) is 0 Å². The second kappa shape index (κ2) is 4.93. The van der Waals surface area contributed by atoms with E-state index in [4.69, 9.17) is 8.44 Å². The van der Waals surface area contributed by atoms with Gasteiger partial charge in [-0.25, -0.2) is 0 Å². The Morgan fingerprint density at radius 3 is 2.25 bits per heavy atom. The van der Waals surface area contributed by atoms with Gasteiger partial charge in [-0.3, -0.25) is 0 Å². The fraction of sp³-hybridized carbons (Fsp3) is 0.333. The molecule has 1 unspecified atom stereocenters. The van der Waals surface area contributed by atoms with Crippen LogP contribution < -0.4 is 0 Å². The monoisotopic (exact) mass is 298 g/mol. The number of rotatable bonds is 4. The normalized spacial score (nSPS) is 18.8. The predicted octanol–water partition coefficient (Wildman–Crippen LogP) is 2.59. The van der Waals surface area contributed by atoms with E-state index in [1.54, 1.807) is 21.3 Å². The van der Waals surface area contributed by atoms with Crippen LogP contribution in [0, 0.1) is 0 Å². The molecule has 3 nitrogen and oxygen atoms in total. The third-order valence-corrected chi connectivity index (χ3v) is 10.3. The average Bonchev–Trinajstić information content (AvgIpc) is 2.77. The quantitative estimate of drug-likeness (QED) is 0.855. The Kier molecular flexibility index (Phi) is 3.75.